The molecule has 0 fully saturated rings. The fraction of sp³-hybridized carbons (Fsp3) is 0.167. The Morgan fingerprint density at radius 1 is 0.705 bits per heavy atom. The van der Waals surface area contributed by atoms with Crippen molar-refractivity contribution in [2.24, 2.45) is 0 Å². The molecule has 0 saturated heterocycles. The van der Waals surface area contributed by atoms with Crippen molar-refractivity contribution in [3.8, 4) is 17.2 Å². The number of aromatic hydroxyl groups is 2. The van der Waals surface area contributed by atoms with Gasteiger partial charge in [0, 0.05) is 25.1 Å². The van der Waals surface area contributed by atoms with E-state index >= 15 is 0 Å². The van der Waals surface area contributed by atoms with Crippen molar-refractivity contribution in [1.29, 1.82) is 0 Å². The first-order chi connectivity index (χ1) is 21.4. The van der Waals surface area contributed by atoms with Crippen LogP contribution in [-0.2, 0) is 13.2 Å². The number of nitrogens with zero attached hydrogens (tertiary/aromatic N) is 2. The maximum absolute atomic E-state index is 12.2. The Bertz CT molecular complexity index is 1600. The van der Waals surface area contributed by atoms with Crippen molar-refractivity contribution < 1.29 is 25.0 Å². The third-order valence-corrected chi connectivity index (χ3v) is 7.65. The second-order valence-corrected chi connectivity index (χ2v) is 10.6. The summed E-state index contributed by atoms with van der Waals surface area (Å²) >= 11 is 0. The highest BCUT2D eigenvalue weighted by atomic mass is 16.6. The van der Waals surface area contributed by atoms with E-state index in [0.29, 0.717) is 18.7 Å². The second kappa shape index (κ2) is 14.3. The maximum Gasteiger partial charge on any atom is 0.311 e. The summed E-state index contributed by atoms with van der Waals surface area (Å²) in [5.41, 5.74) is 4.17. The average molecular weight is 591 g/mol. The van der Waals surface area contributed by atoms with E-state index in [9.17, 15) is 25.4 Å². The van der Waals surface area contributed by atoms with Crippen molar-refractivity contribution in [1.82, 2.24) is 4.90 Å². The van der Waals surface area contributed by atoms with E-state index in [0.717, 1.165) is 22.3 Å². The third-order valence-electron chi connectivity index (χ3n) is 7.65. The van der Waals surface area contributed by atoms with Gasteiger partial charge < -0.3 is 20.1 Å². The fourth-order valence-electron chi connectivity index (χ4n) is 5.34. The topological polar surface area (TPSA) is 116 Å². The smallest absolute Gasteiger partial charge is 0.311 e. The predicted octanol–water partition coefficient (Wildman–Crippen LogP) is 6.95. The number of phenolic OH excluding ortho intramolecular Hbond substituents is 2. The van der Waals surface area contributed by atoms with Crippen LogP contribution >= 0.6 is 0 Å². The van der Waals surface area contributed by atoms with Crippen LogP contribution in [0.5, 0.6) is 17.2 Å². The van der Waals surface area contributed by atoms with Gasteiger partial charge in [0.15, 0.2) is 5.75 Å². The summed E-state index contributed by atoms with van der Waals surface area (Å²) in [6, 6.07) is 37.5. The molecule has 0 aliphatic carbocycles. The van der Waals surface area contributed by atoms with Gasteiger partial charge in [-0.25, -0.2) is 0 Å². The Labute approximate surface area is 256 Å². The molecule has 44 heavy (non-hydrogen) atoms. The van der Waals surface area contributed by atoms with Crippen molar-refractivity contribution in [2.75, 3.05) is 13.2 Å². The van der Waals surface area contributed by atoms with Gasteiger partial charge in [-0.3, -0.25) is 15.0 Å². The summed E-state index contributed by atoms with van der Waals surface area (Å²) in [7, 11) is 0. The van der Waals surface area contributed by atoms with Gasteiger partial charge in [0.1, 0.15) is 18.1 Å². The molecule has 3 N–H and O–H groups in total. The monoisotopic (exact) mass is 590 g/mol. The van der Waals surface area contributed by atoms with Gasteiger partial charge in [-0.1, -0.05) is 91.0 Å². The minimum atomic E-state index is -0.589. The van der Waals surface area contributed by atoms with Crippen LogP contribution in [0.4, 0.5) is 5.69 Å². The van der Waals surface area contributed by atoms with Crippen LogP contribution in [0.15, 0.2) is 127 Å². The maximum atomic E-state index is 12.2. The lowest BCUT2D eigenvalue weighted by molar-refractivity contribution is -0.386. The van der Waals surface area contributed by atoms with Crippen LogP contribution in [0.3, 0.4) is 0 Å². The summed E-state index contributed by atoms with van der Waals surface area (Å²) in [6.45, 7) is 0.784. The number of nitro groups is 1. The summed E-state index contributed by atoms with van der Waals surface area (Å²) in [4.78, 5) is 13.8. The Morgan fingerprint density at radius 3 is 1.75 bits per heavy atom. The highest BCUT2D eigenvalue weighted by molar-refractivity contribution is 5.50. The van der Waals surface area contributed by atoms with Crippen molar-refractivity contribution >= 4 is 5.69 Å². The minimum Gasteiger partial charge on any atom is -0.508 e. The number of aliphatic hydroxyl groups is 1. The van der Waals surface area contributed by atoms with E-state index in [1.165, 1.54) is 6.07 Å². The Kier molecular flexibility index (Phi) is 9.86. The first-order valence-corrected chi connectivity index (χ1v) is 14.3. The highest BCUT2D eigenvalue weighted by Gasteiger charge is 2.28. The summed E-state index contributed by atoms with van der Waals surface area (Å²) in [6.07, 6.45) is 0. The summed E-state index contributed by atoms with van der Waals surface area (Å²) < 4.78 is 5.85. The first kappa shape index (κ1) is 30.3. The highest BCUT2D eigenvalue weighted by Crippen LogP contribution is 2.36. The van der Waals surface area contributed by atoms with Gasteiger partial charge in [-0.2, -0.15) is 0 Å². The number of aliphatic hydroxyl groups excluding tert-OH is 1. The molecule has 0 bridgehead atoms. The largest absolute Gasteiger partial charge is 0.508 e. The van der Waals surface area contributed by atoms with Crippen LogP contribution in [0, 0.1) is 10.1 Å². The third kappa shape index (κ3) is 7.60. The molecule has 0 aromatic heterocycles. The fourth-order valence-corrected chi connectivity index (χ4v) is 5.34. The lowest BCUT2D eigenvalue weighted by Crippen LogP contribution is -2.34. The first-order valence-electron chi connectivity index (χ1n) is 14.3. The molecule has 0 aliphatic rings. The molecule has 8 nitrogen and oxygen atoms in total. The van der Waals surface area contributed by atoms with Gasteiger partial charge in [0.2, 0.25) is 0 Å². The molecule has 0 saturated carbocycles. The minimum absolute atomic E-state index is 0.148. The number of benzene rings is 5. The number of rotatable bonds is 13. The van der Waals surface area contributed by atoms with Gasteiger partial charge >= 0.3 is 5.69 Å². The molecule has 0 aliphatic heterocycles. The van der Waals surface area contributed by atoms with Crippen LogP contribution < -0.4 is 4.74 Å². The quantitative estimate of drug-likeness (QED) is 0.100. The van der Waals surface area contributed by atoms with E-state index in [4.69, 9.17) is 4.74 Å². The predicted molar refractivity (Wildman–Crippen MR) is 169 cm³/mol. The van der Waals surface area contributed by atoms with Crippen LogP contribution in [-0.4, -0.2) is 38.3 Å². The zero-order valence-corrected chi connectivity index (χ0v) is 24.1. The summed E-state index contributed by atoms with van der Waals surface area (Å²) in [5.74, 6) is 0.237. The number of ether oxygens (including phenoxy) is 1. The molecule has 5 aromatic rings. The molecule has 224 valence electrons. The lowest BCUT2D eigenvalue weighted by Gasteiger charge is -2.34. The second-order valence-electron chi connectivity index (χ2n) is 10.6. The van der Waals surface area contributed by atoms with E-state index in [1.807, 2.05) is 84.9 Å². The van der Waals surface area contributed by atoms with Gasteiger partial charge in [-0.05, 0) is 58.1 Å². The van der Waals surface area contributed by atoms with Crippen molar-refractivity contribution in [2.45, 2.75) is 25.1 Å². The Hall–Kier alpha value is -5.18. The molecule has 5 aromatic carbocycles. The molecule has 0 amide bonds. The van der Waals surface area contributed by atoms with Gasteiger partial charge in [-0.15, -0.1) is 0 Å². The van der Waals surface area contributed by atoms with E-state index in [1.54, 1.807) is 36.4 Å². The van der Waals surface area contributed by atoms with Gasteiger partial charge in [0.05, 0.1) is 17.6 Å². The molecular formula is C36H34N2O6. The molecule has 0 unspecified atom stereocenters. The molecule has 8 heteroatoms. The number of nitro benzene ring substituents is 1. The molecule has 0 radical (unpaired) electrons. The molecular weight excluding hydrogens is 556 g/mol. The van der Waals surface area contributed by atoms with E-state index in [2.05, 4.69) is 4.90 Å². The summed E-state index contributed by atoms with van der Waals surface area (Å²) in [5, 5.41) is 42.9. The number of hydrogen-bond acceptors (Lipinski definition) is 7. The molecule has 0 heterocycles. The van der Waals surface area contributed by atoms with Gasteiger partial charge in [0.25, 0.3) is 0 Å². The molecule has 1 atom stereocenters. The van der Waals surface area contributed by atoms with Crippen LogP contribution in [0.25, 0.3) is 0 Å². The SMILES string of the molecule is O=[N+]([O-])c1cc([C@H](CO)N(Cc2ccccc2)CC(c2ccc(O)cc2)c2ccc(O)cc2)ccc1OCc1ccccc1. The van der Waals surface area contributed by atoms with Crippen LogP contribution in [0.2, 0.25) is 0 Å². The molecule has 0 spiro atoms. The zero-order valence-electron chi connectivity index (χ0n) is 24.1. The van der Waals surface area contributed by atoms with Crippen molar-refractivity contribution in [3.63, 3.8) is 0 Å². The van der Waals surface area contributed by atoms with E-state index < -0.39 is 11.0 Å². The zero-order chi connectivity index (χ0) is 30.9. The van der Waals surface area contributed by atoms with Crippen LogP contribution in [0.1, 0.15) is 39.8 Å². The standard InChI is InChI=1S/C36H34N2O6/c39-24-35(30-15-20-36(34(21-30)38(42)43)44-25-27-9-5-2-6-10-27)37(22-26-7-3-1-4-8-26)23-33(28-11-16-31(40)17-12-28)29-13-18-32(41)19-14-29/h1-21,33,35,39-41H,22-25H2/t35-/m0/s1. The molecule has 5 rings (SSSR count). The number of phenols is 2. The van der Waals surface area contributed by atoms with E-state index in [-0.39, 0.29) is 42.1 Å². The number of hydrogen-bond donors (Lipinski definition) is 3. The normalized spacial score (nSPS) is 11.9. The lowest BCUT2D eigenvalue weighted by atomic mass is 9.89. The Morgan fingerprint density at radius 2 is 1.23 bits per heavy atom. The van der Waals surface area contributed by atoms with Crippen molar-refractivity contribution in [3.05, 3.63) is 165 Å². The average Bonchev–Trinajstić information content (AvgIpc) is 3.05. The Balaban J connectivity index is 1.51.